The molecule has 8 heteroatoms. The summed E-state index contributed by atoms with van der Waals surface area (Å²) in [5.41, 5.74) is 0.649. The molecule has 104 valence electrons. The van der Waals surface area contributed by atoms with Crippen molar-refractivity contribution in [3.05, 3.63) is 30.4 Å². The van der Waals surface area contributed by atoms with Crippen molar-refractivity contribution in [3.8, 4) is 0 Å². The Morgan fingerprint density at radius 3 is 3.00 bits per heavy atom. The van der Waals surface area contributed by atoms with Crippen LogP contribution in [0, 0.1) is 6.92 Å². The van der Waals surface area contributed by atoms with Gasteiger partial charge in [-0.25, -0.2) is 4.98 Å². The number of aryl methyl sites for hydroxylation is 2. The van der Waals surface area contributed by atoms with E-state index in [1.165, 1.54) is 4.63 Å². The summed E-state index contributed by atoms with van der Waals surface area (Å²) in [5.74, 6) is 1.90. The third-order valence-electron chi connectivity index (χ3n) is 3.26. The number of hydrogen-bond acceptors (Lipinski definition) is 6. The SMILES string of the molecule is Cc1nccn1CCCN(C)c1ccc2nnnn2n1. The maximum atomic E-state index is 4.36. The highest BCUT2D eigenvalue weighted by Crippen LogP contribution is 2.09. The highest BCUT2D eigenvalue weighted by atomic mass is 15.6. The lowest BCUT2D eigenvalue weighted by molar-refractivity contribution is 0.617. The van der Waals surface area contributed by atoms with E-state index in [-0.39, 0.29) is 0 Å². The van der Waals surface area contributed by atoms with E-state index in [2.05, 4.69) is 35.1 Å². The van der Waals surface area contributed by atoms with Crippen molar-refractivity contribution >= 4 is 11.5 Å². The van der Waals surface area contributed by atoms with Gasteiger partial charge in [0.1, 0.15) is 5.82 Å². The van der Waals surface area contributed by atoms with Crippen molar-refractivity contribution in [3.63, 3.8) is 0 Å². The number of nitrogens with zero attached hydrogens (tertiary/aromatic N) is 8. The van der Waals surface area contributed by atoms with Crippen LogP contribution in [0.4, 0.5) is 5.82 Å². The molecule has 0 fully saturated rings. The van der Waals surface area contributed by atoms with E-state index in [1.54, 1.807) is 0 Å². The smallest absolute Gasteiger partial charge is 0.200 e. The number of fused-ring (bicyclic) bond motifs is 1. The molecule has 3 rings (SSSR count). The maximum absolute atomic E-state index is 4.36. The first-order valence-electron chi connectivity index (χ1n) is 6.48. The summed E-state index contributed by atoms with van der Waals surface area (Å²) < 4.78 is 3.58. The average Bonchev–Trinajstić information content (AvgIpc) is 3.07. The summed E-state index contributed by atoms with van der Waals surface area (Å²) in [6.07, 6.45) is 4.84. The molecular weight excluding hydrogens is 256 g/mol. The first kappa shape index (κ1) is 12.5. The molecule has 20 heavy (non-hydrogen) atoms. The molecule has 0 aliphatic carbocycles. The molecule has 0 spiro atoms. The molecule has 0 aliphatic rings. The summed E-state index contributed by atoms with van der Waals surface area (Å²) in [7, 11) is 2.01. The Balaban J connectivity index is 1.61. The standard InChI is InChI=1S/C12H16N8/c1-10-13-6-9-19(10)8-3-7-18(2)12-5-4-11-14-16-17-20(11)15-12/h4-6,9H,3,7-8H2,1-2H3. The topological polar surface area (TPSA) is 77.0 Å². The van der Waals surface area contributed by atoms with Gasteiger partial charge < -0.3 is 9.47 Å². The number of aromatic nitrogens is 7. The van der Waals surface area contributed by atoms with E-state index in [9.17, 15) is 0 Å². The second-order valence-electron chi connectivity index (χ2n) is 4.66. The van der Waals surface area contributed by atoms with Crippen molar-refractivity contribution in [2.24, 2.45) is 0 Å². The molecule has 0 bridgehead atoms. The normalized spacial score (nSPS) is 11.1. The highest BCUT2D eigenvalue weighted by molar-refractivity contribution is 5.43. The Kier molecular flexibility index (Phi) is 3.28. The Morgan fingerprint density at radius 2 is 2.20 bits per heavy atom. The summed E-state index contributed by atoms with van der Waals surface area (Å²) >= 11 is 0. The second kappa shape index (κ2) is 5.24. The van der Waals surface area contributed by atoms with Crippen LogP contribution in [0.2, 0.25) is 0 Å². The third kappa shape index (κ3) is 2.44. The van der Waals surface area contributed by atoms with Crippen LogP contribution in [0.15, 0.2) is 24.5 Å². The molecule has 3 aromatic rings. The lowest BCUT2D eigenvalue weighted by atomic mass is 10.3. The predicted molar refractivity (Wildman–Crippen MR) is 73.4 cm³/mol. The van der Waals surface area contributed by atoms with Crippen molar-refractivity contribution < 1.29 is 0 Å². The van der Waals surface area contributed by atoms with E-state index in [4.69, 9.17) is 0 Å². The highest BCUT2D eigenvalue weighted by Gasteiger charge is 2.06. The lowest BCUT2D eigenvalue weighted by Gasteiger charge is -2.17. The number of rotatable bonds is 5. The summed E-state index contributed by atoms with van der Waals surface area (Å²) in [5, 5.41) is 15.6. The zero-order valence-corrected chi connectivity index (χ0v) is 11.5. The van der Waals surface area contributed by atoms with E-state index >= 15 is 0 Å². The molecule has 8 nitrogen and oxygen atoms in total. The molecule has 0 aromatic carbocycles. The molecule has 0 amide bonds. The lowest BCUT2D eigenvalue weighted by Crippen LogP contribution is -2.22. The first-order chi connectivity index (χ1) is 9.74. The minimum absolute atomic E-state index is 0.649. The second-order valence-corrected chi connectivity index (χ2v) is 4.66. The van der Waals surface area contributed by atoms with Crippen molar-refractivity contribution in [2.45, 2.75) is 19.9 Å². The number of anilines is 1. The van der Waals surface area contributed by atoms with Crippen LogP contribution in [0.3, 0.4) is 0 Å². The van der Waals surface area contributed by atoms with E-state index in [1.807, 2.05) is 38.5 Å². The minimum atomic E-state index is 0.649. The quantitative estimate of drug-likeness (QED) is 0.675. The third-order valence-corrected chi connectivity index (χ3v) is 3.26. The van der Waals surface area contributed by atoms with E-state index in [0.717, 1.165) is 31.2 Å². The Hall–Kier alpha value is -2.51. The minimum Gasteiger partial charge on any atom is -0.358 e. The summed E-state index contributed by atoms with van der Waals surface area (Å²) in [6, 6.07) is 3.78. The first-order valence-corrected chi connectivity index (χ1v) is 6.48. The van der Waals surface area contributed by atoms with Crippen LogP contribution in [-0.2, 0) is 6.54 Å². The molecule has 3 aromatic heterocycles. The van der Waals surface area contributed by atoms with E-state index < -0.39 is 0 Å². The average molecular weight is 272 g/mol. The van der Waals surface area contributed by atoms with Crippen molar-refractivity contribution in [1.82, 2.24) is 34.8 Å². The molecule has 3 heterocycles. The van der Waals surface area contributed by atoms with Gasteiger partial charge >= 0.3 is 0 Å². The Morgan fingerprint density at radius 1 is 1.30 bits per heavy atom. The molecule has 0 saturated carbocycles. The largest absolute Gasteiger partial charge is 0.358 e. The van der Waals surface area contributed by atoms with Gasteiger partial charge in [-0.05, 0) is 35.9 Å². The zero-order valence-electron chi connectivity index (χ0n) is 11.5. The van der Waals surface area contributed by atoms with Gasteiger partial charge in [-0.1, -0.05) is 0 Å². The van der Waals surface area contributed by atoms with Gasteiger partial charge in [0, 0.05) is 32.5 Å². The van der Waals surface area contributed by atoms with Gasteiger partial charge in [0.2, 0.25) is 0 Å². The molecule has 0 saturated heterocycles. The molecule has 0 N–H and O–H groups in total. The van der Waals surface area contributed by atoms with Gasteiger partial charge in [-0.3, -0.25) is 0 Å². The van der Waals surface area contributed by atoms with Gasteiger partial charge in [-0.2, -0.15) is 0 Å². The van der Waals surface area contributed by atoms with Gasteiger partial charge in [0.15, 0.2) is 11.5 Å². The fourth-order valence-electron chi connectivity index (χ4n) is 2.08. The zero-order chi connectivity index (χ0) is 13.9. The fourth-order valence-corrected chi connectivity index (χ4v) is 2.08. The van der Waals surface area contributed by atoms with Crippen LogP contribution in [0.1, 0.15) is 12.2 Å². The summed E-state index contributed by atoms with van der Waals surface area (Å²) in [6.45, 7) is 3.86. The Labute approximate surface area is 116 Å². The fraction of sp³-hybridized carbons (Fsp3) is 0.417. The number of hydrogen-bond donors (Lipinski definition) is 0. The summed E-state index contributed by atoms with van der Waals surface area (Å²) in [4.78, 5) is 6.30. The molecular formula is C12H16N8. The van der Waals surface area contributed by atoms with E-state index in [0.29, 0.717) is 5.65 Å². The van der Waals surface area contributed by atoms with Crippen molar-refractivity contribution in [2.75, 3.05) is 18.5 Å². The van der Waals surface area contributed by atoms with Crippen LogP contribution in [0.25, 0.3) is 5.65 Å². The van der Waals surface area contributed by atoms with Gasteiger partial charge in [-0.15, -0.1) is 14.8 Å². The van der Waals surface area contributed by atoms with Crippen LogP contribution in [-0.4, -0.2) is 48.4 Å². The molecule has 0 radical (unpaired) electrons. The van der Waals surface area contributed by atoms with Gasteiger partial charge in [0.25, 0.3) is 0 Å². The van der Waals surface area contributed by atoms with Crippen LogP contribution in [0.5, 0.6) is 0 Å². The van der Waals surface area contributed by atoms with Crippen molar-refractivity contribution in [1.29, 1.82) is 0 Å². The Bertz CT molecular complexity index is 700. The number of imidazole rings is 1. The molecule has 0 atom stereocenters. The van der Waals surface area contributed by atoms with Crippen LogP contribution < -0.4 is 4.90 Å². The maximum Gasteiger partial charge on any atom is 0.200 e. The van der Waals surface area contributed by atoms with Crippen LogP contribution >= 0.6 is 0 Å². The van der Waals surface area contributed by atoms with Gasteiger partial charge in [0.05, 0.1) is 0 Å². The molecule has 0 unspecified atom stereocenters. The number of tetrazole rings is 1. The predicted octanol–water partition coefficient (Wildman–Crippen LogP) is 0.551. The monoisotopic (exact) mass is 272 g/mol. The molecule has 0 aliphatic heterocycles.